The zero-order chi connectivity index (χ0) is 10.7. The molecule has 0 saturated heterocycles. The molecule has 15 heavy (non-hydrogen) atoms. The van der Waals surface area contributed by atoms with Crippen molar-refractivity contribution in [3.05, 3.63) is 35.9 Å². The number of pyridine rings is 1. The molecule has 2 aromatic heterocycles. The quantitative estimate of drug-likeness (QED) is 0.618. The summed E-state index contributed by atoms with van der Waals surface area (Å²) in [6, 6.07) is 3.93. The van der Waals surface area contributed by atoms with Gasteiger partial charge in [-0.05, 0) is 18.6 Å². The molecule has 0 aliphatic heterocycles. The Balaban J connectivity index is 2.02. The fraction of sp³-hybridized carbons (Fsp3) is 0.222. The van der Waals surface area contributed by atoms with Crippen molar-refractivity contribution < 1.29 is 0 Å². The largest absolute Gasteiger partial charge is 0.336 e. The highest BCUT2D eigenvalue weighted by molar-refractivity contribution is 7.98. The molecule has 6 heteroatoms. The smallest absolute Gasteiger partial charge is 0.210 e. The monoisotopic (exact) mass is 221 g/mol. The van der Waals surface area contributed by atoms with Gasteiger partial charge in [-0.1, -0.05) is 17.8 Å². The Hall–Kier alpha value is -1.56. The van der Waals surface area contributed by atoms with Gasteiger partial charge in [-0.3, -0.25) is 4.98 Å². The Labute approximate surface area is 91.7 Å². The maximum absolute atomic E-state index is 5.72. The van der Waals surface area contributed by atoms with Crippen LogP contribution in [0.2, 0.25) is 0 Å². The minimum Gasteiger partial charge on any atom is -0.336 e. The Kier molecular flexibility index (Phi) is 2.86. The first-order valence-corrected chi connectivity index (χ1v) is 5.44. The summed E-state index contributed by atoms with van der Waals surface area (Å²) in [5, 5.41) is 8.56. The first-order valence-electron chi connectivity index (χ1n) is 4.46. The number of aromatic nitrogens is 4. The van der Waals surface area contributed by atoms with Crippen molar-refractivity contribution in [2.45, 2.75) is 17.8 Å². The number of nitrogens with two attached hydrogens (primary N) is 1. The summed E-state index contributed by atoms with van der Waals surface area (Å²) in [6.45, 7) is 1.82. The molecule has 0 unspecified atom stereocenters. The van der Waals surface area contributed by atoms with Crippen LogP contribution in [-0.4, -0.2) is 19.9 Å². The number of aryl methyl sites for hydroxylation is 1. The highest BCUT2D eigenvalue weighted by atomic mass is 32.2. The van der Waals surface area contributed by atoms with Crippen molar-refractivity contribution in [2.24, 2.45) is 0 Å². The second-order valence-corrected chi connectivity index (χ2v) is 3.99. The van der Waals surface area contributed by atoms with Crippen LogP contribution in [0.25, 0.3) is 0 Å². The molecule has 2 rings (SSSR count). The van der Waals surface area contributed by atoms with Crippen molar-refractivity contribution in [3.63, 3.8) is 0 Å². The summed E-state index contributed by atoms with van der Waals surface area (Å²) in [5.74, 6) is 7.23. The zero-order valence-corrected chi connectivity index (χ0v) is 9.11. The molecular formula is C9H11N5S. The molecule has 0 amide bonds. The minimum absolute atomic E-state index is 0.712. The molecular weight excluding hydrogens is 210 g/mol. The summed E-state index contributed by atoms with van der Waals surface area (Å²) in [4.78, 5) is 4.04. The molecule has 0 aliphatic rings. The molecule has 0 atom stereocenters. The number of nitrogens with zero attached hydrogens (tertiary/aromatic N) is 4. The van der Waals surface area contributed by atoms with E-state index in [4.69, 9.17) is 5.84 Å². The summed E-state index contributed by atoms with van der Waals surface area (Å²) in [7, 11) is 0. The highest BCUT2D eigenvalue weighted by Crippen LogP contribution is 2.19. The number of hydrogen-bond acceptors (Lipinski definition) is 5. The summed E-state index contributed by atoms with van der Waals surface area (Å²) < 4.78 is 1.49. The van der Waals surface area contributed by atoms with E-state index in [1.54, 1.807) is 18.0 Å². The van der Waals surface area contributed by atoms with Crippen molar-refractivity contribution in [1.82, 2.24) is 19.9 Å². The van der Waals surface area contributed by atoms with Crippen LogP contribution >= 0.6 is 11.8 Å². The van der Waals surface area contributed by atoms with Crippen LogP contribution < -0.4 is 5.84 Å². The minimum atomic E-state index is 0.712. The Morgan fingerprint density at radius 1 is 1.47 bits per heavy atom. The lowest BCUT2D eigenvalue weighted by Crippen LogP contribution is -2.11. The van der Waals surface area contributed by atoms with Gasteiger partial charge in [-0.15, -0.1) is 10.2 Å². The third-order valence-electron chi connectivity index (χ3n) is 1.93. The average Bonchev–Trinajstić information content (AvgIpc) is 2.59. The van der Waals surface area contributed by atoms with Crippen LogP contribution in [0.1, 0.15) is 11.4 Å². The lowest BCUT2D eigenvalue weighted by atomic mass is 10.3. The average molecular weight is 221 g/mol. The first kappa shape index (κ1) is 9.97. The van der Waals surface area contributed by atoms with E-state index >= 15 is 0 Å². The number of rotatable bonds is 3. The standard InChI is InChI=1S/C9H11N5S/c1-7-12-13-9(14(7)10)15-6-8-3-2-4-11-5-8/h2-5H,6,10H2,1H3. The molecule has 2 heterocycles. The summed E-state index contributed by atoms with van der Waals surface area (Å²) >= 11 is 1.55. The normalized spacial score (nSPS) is 10.5. The van der Waals surface area contributed by atoms with E-state index in [1.165, 1.54) is 4.68 Å². The Morgan fingerprint density at radius 3 is 2.93 bits per heavy atom. The molecule has 5 nitrogen and oxygen atoms in total. The molecule has 0 aliphatic carbocycles. The lowest BCUT2D eigenvalue weighted by molar-refractivity contribution is 0.825. The fourth-order valence-corrected chi connectivity index (χ4v) is 1.92. The maximum atomic E-state index is 5.72. The SMILES string of the molecule is Cc1nnc(SCc2cccnc2)n1N. The van der Waals surface area contributed by atoms with Gasteiger partial charge in [0.25, 0.3) is 0 Å². The lowest BCUT2D eigenvalue weighted by Gasteiger charge is -2.00. The van der Waals surface area contributed by atoms with Gasteiger partial charge in [0.05, 0.1) is 0 Å². The Morgan fingerprint density at radius 2 is 2.33 bits per heavy atom. The first-order chi connectivity index (χ1) is 7.27. The van der Waals surface area contributed by atoms with Gasteiger partial charge in [0.15, 0.2) is 0 Å². The van der Waals surface area contributed by atoms with E-state index in [2.05, 4.69) is 15.2 Å². The van der Waals surface area contributed by atoms with Crippen LogP contribution in [0.5, 0.6) is 0 Å². The summed E-state index contributed by atoms with van der Waals surface area (Å²) in [5.41, 5.74) is 1.14. The zero-order valence-electron chi connectivity index (χ0n) is 8.29. The van der Waals surface area contributed by atoms with Gasteiger partial charge in [0, 0.05) is 18.1 Å². The molecule has 0 radical (unpaired) electrons. The van der Waals surface area contributed by atoms with Crippen molar-refractivity contribution in [2.75, 3.05) is 5.84 Å². The summed E-state index contributed by atoms with van der Waals surface area (Å²) in [6.07, 6.45) is 3.58. The molecule has 2 aromatic rings. The van der Waals surface area contributed by atoms with Crippen molar-refractivity contribution in [3.8, 4) is 0 Å². The molecule has 0 spiro atoms. The molecule has 0 fully saturated rings. The van der Waals surface area contributed by atoms with E-state index in [0.29, 0.717) is 5.82 Å². The molecule has 78 valence electrons. The van der Waals surface area contributed by atoms with E-state index in [0.717, 1.165) is 16.5 Å². The maximum Gasteiger partial charge on any atom is 0.210 e. The number of nitrogen functional groups attached to an aromatic ring is 1. The van der Waals surface area contributed by atoms with Gasteiger partial charge in [0.1, 0.15) is 5.82 Å². The fourth-order valence-electron chi connectivity index (χ4n) is 1.08. The van der Waals surface area contributed by atoms with Crippen LogP contribution in [-0.2, 0) is 5.75 Å². The van der Waals surface area contributed by atoms with E-state index in [-0.39, 0.29) is 0 Å². The van der Waals surface area contributed by atoms with Crippen molar-refractivity contribution in [1.29, 1.82) is 0 Å². The second-order valence-electron chi connectivity index (χ2n) is 3.05. The predicted octanol–water partition coefficient (Wildman–Crippen LogP) is 0.988. The van der Waals surface area contributed by atoms with E-state index < -0.39 is 0 Å². The third-order valence-corrected chi connectivity index (χ3v) is 2.94. The van der Waals surface area contributed by atoms with Gasteiger partial charge >= 0.3 is 0 Å². The van der Waals surface area contributed by atoms with E-state index in [9.17, 15) is 0 Å². The molecule has 0 saturated carbocycles. The van der Waals surface area contributed by atoms with Gasteiger partial charge in [-0.2, -0.15) is 0 Å². The van der Waals surface area contributed by atoms with Gasteiger partial charge in [-0.25, -0.2) is 4.68 Å². The van der Waals surface area contributed by atoms with Crippen LogP contribution in [0.4, 0.5) is 0 Å². The van der Waals surface area contributed by atoms with E-state index in [1.807, 2.05) is 25.3 Å². The Bertz CT molecular complexity index is 439. The van der Waals surface area contributed by atoms with Crippen LogP contribution in [0.15, 0.2) is 29.7 Å². The number of hydrogen-bond donors (Lipinski definition) is 1. The molecule has 0 bridgehead atoms. The molecule has 2 N–H and O–H groups in total. The van der Waals surface area contributed by atoms with Crippen LogP contribution in [0.3, 0.4) is 0 Å². The number of thioether (sulfide) groups is 1. The second kappa shape index (κ2) is 4.31. The van der Waals surface area contributed by atoms with Gasteiger partial charge in [0.2, 0.25) is 5.16 Å². The third kappa shape index (κ3) is 2.27. The topological polar surface area (TPSA) is 69.6 Å². The molecule has 0 aromatic carbocycles. The van der Waals surface area contributed by atoms with Crippen LogP contribution in [0, 0.1) is 6.92 Å². The van der Waals surface area contributed by atoms with Crippen molar-refractivity contribution >= 4 is 11.8 Å². The van der Waals surface area contributed by atoms with Gasteiger partial charge < -0.3 is 5.84 Å². The predicted molar refractivity (Wildman–Crippen MR) is 58.7 cm³/mol. The highest BCUT2D eigenvalue weighted by Gasteiger charge is 2.06.